The van der Waals surface area contributed by atoms with Gasteiger partial charge in [-0.2, -0.15) is 0 Å². The van der Waals surface area contributed by atoms with E-state index in [4.69, 9.17) is 0 Å². The van der Waals surface area contributed by atoms with Crippen LogP contribution in [0.15, 0.2) is 18.2 Å². The summed E-state index contributed by atoms with van der Waals surface area (Å²) < 4.78 is 0. The molecule has 1 aromatic carbocycles. The molecule has 0 heterocycles. The highest BCUT2D eigenvalue weighted by Crippen LogP contribution is 2.16. The summed E-state index contributed by atoms with van der Waals surface area (Å²) in [5, 5.41) is 8.73. The molecule has 0 saturated carbocycles. The van der Waals surface area contributed by atoms with Gasteiger partial charge in [0.25, 0.3) is 5.91 Å². The fraction of sp³-hybridized carbons (Fsp3) is 0.500. The third kappa shape index (κ3) is 5.55. The molecule has 2 amide bonds. The van der Waals surface area contributed by atoms with Gasteiger partial charge in [-0.1, -0.05) is 13.0 Å². The summed E-state index contributed by atoms with van der Waals surface area (Å²) in [5.74, 6) is -0.239. The monoisotopic (exact) mass is 291 g/mol. The van der Waals surface area contributed by atoms with E-state index in [1.807, 2.05) is 26.8 Å². The average Bonchev–Trinajstić information content (AvgIpc) is 2.47. The minimum Gasteiger partial charge on any atom is -0.352 e. The molecule has 0 fully saturated rings. The molecule has 0 aliphatic heterocycles. The highest BCUT2D eigenvalue weighted by molar-refractivity contribution is 5.98. The van der Waals surface area contributed by atoms with Crippen molar-refractivity contribution in [3.63, 3.8) is 0 Å². The van der Waals surface area contributed by atoms with E-state index in [-0.39, 0.29) is 18.4 Å². The second-order valence-corrected chi connectivity index (χ2v) is 5.13. The Morgan fingerprint density at radius 3 is 2.57 bits per heavy atom. The summed E-state index contributed by atoms with van der Waals surface area (Å²) in [4.78, 5) is 23.7. The van der Waals surface area contributed by atoms with Gasteiger partial charge >= 0.3 is 0 Å². The molecule has 1 unspecified atom stereocenters. The van der Waals surface area contributed by atoms with Gasteiger partial charge in [-0.25, -0.2) is 0 Å². The molecule has 116 valence electrons. The third-order valence-electron chi connectivity index (χ3n) is 3.33. The number of nitrogens with one attached hydrogen (secondary N) is 3. The Balaban J connectivity index is 2.71. The molecular formula is C16H25N3O2. The van der Waals surface area contributed by atoms with Crippen molar-refractivity contribution < 1.29 is 9.59 Å². The van der Waals surface area contributed by atoms with Crippen LogP contribution in [0.2, 0.25) is 0 Å². The Kier molecular flexibility index (Phi) is 6.88. The number of benzene rings is 1. The maximum atomic E-state index is 11.9. The van der Waals surface area contributed by atoms with Crippen molar-refractivity contribution in [2.75, 3.05) is 18.4 Å². The Morgan fingerprint density at radius 2 is 1.95 bits per heavy atom. The van der Waals surface area contributed by atoms with Crippen LogP contribution in [0, 0.1) is 6.92 Å². The number of hydrogen-bond acceptors (Lipinski definition) is 3. The maximum Gasteiger partial charge on any atom is 0.251 e. The van der Waals surface area contributed by atoms with Crippen LogP contribution in [0.25, 0.3) is 0 Å². The molecule has 5 nitrogen and oxygen atoms in total. The lowest BCUT2D eigenvalue weighted by molar-refractivity contribution is -0.115. The molecule has 0 saturated heterocycles. The van der Waals surface area contributed by atoms with Gasteiger partial charge in [0.2, 0.25) is 5.91 Å². The van der Waals surface area contributed by atoms with E-state index < -0.39 is 0 Å². The SMILES string of the molecule is CCNC(=O)c1ccc(C)c(NC(=O)CNC(C)CC)c1. The Bertz CT molecular complexity index is 500. The summed E-state index contributed by atoms with van der Waals surface area (Å²) in [6.07, 6.45) is 0.971. The van der Waals surface area contributed by atoms with Crippen LogP contribution in [-0.2, 0) is 4.79 Å². The zero-order chi connectivity index (χ0) is 15.8. The predicted octanol–water partition coefficient (Wildman–Crippen LogP) is 2.07. The van der Waals surface area contributed by atoms with Crippen LogP contribution >= 0.6 is 0 Å². The lowest BCUT2D eigenvalue weighted by Gasteiger charge is -2.13. The van der Waals surface area contributed by atoms with E-state index in [9.17, 15) is 9.59 Å². The summed E-state index contributed by atoms with van der Waals surface area (Å²) >= 11 is 0. The first-order chi connectivity index (χ1) is 9.97. The van der Waals surface area contributed by atoms with Crippen molar-refractivity contribution in [1.82, 2.24) is 10.6 Å². The third-order valence-corrected chi connectivity index (χ3v) is 3.33. The summed E-state index contributed by atoms with van der Waals surface area (Å²) in [7, 11) is 0. The van der Waals surface area contributed by atoms with Crippen molar-refractivity contribution >= 4 is 17.5 Å². The van der Waals surface area contributed by atoms with Crippen molar-refractivity contribution in [3.05, 3.63) is 29.3 Å². The first-order valence-electron chi connectivity index (χ1n) is 7.40. The smallest absolute Gasteiger partial charge is 0.251 e. The van der Waals surface area contributed by atoms with Gasteiger partial charge in [-0.3, -0.25) is 9.59 Å². The quantitative estimate of drug-likeness (QED) is 0.720. The molecular weight excluding hydrogens is 266 g/mol. The molecule has 0 spiro atoms. The standard InChI is InChI=1S/C16H25N3O2/c1-5-12(4)18-10-15(20)19-14-9-13(8-7-11(14)3)16(21)17-6-2/h7-9,12,18H,5-6,10H2,1-4H3,(H,17,21)(H,19,20). The topological polar surface area (TPSA) is 70.2 Å². The Labute approximate surface area is 126 Å². The van der Waals surface area contributed by atoms with E-state index in [0.29, 0.717) is 23.8 Å². The molecule has 0 bridgehead atoms. The largest absolute Gasteiger partial charge is 0.352 e. The van der Waals surface area contributed by atoms with Crippen molar-refractivity contribution in [2.45, 2.75) is 40.2 Å². The molecule has 3 N–H and O–H groups in total. The van der Waals surface area contributed by atoms with Gasteiger partial charge < -0.3 is 16.0 Å². The van der Waals surface area contributed by atoms with Crippen LogP contribution in [0.1, 0.15) is 43.1 Å². The number of rotatable bonds is 7. The zero-order valence-electron chi connectivity index (χ0n) is 13.2. The molecule has 5 heteroatoms. The summed E-state index contributed by atoms with van der Waals surface area (Å²) in [6.45, 7) is 8.71. The van der Waals surface area contributed by atoms with Gasteiger partial charge in [0, 0.05) is 23.8 Å². The summed E-state index contributed by atoms with van der Waals surface area (Å²) in [5.41, 5.74) is 2.15. The second kappa shape index (κ2) is 8.42. The molecule has 0 aromatic heterocycles. The van der Waals surface area contributed by atoms with Crippen molar-refractivity contribution in [2.24, 2.45) is 0 Å². The first kappa shape index (κ1) is 17.2. The fourth-order valence-corrected chi connectivity index (χ4v) is 1.77. The van der Waals surface area contributed by atoms with E-state index >= 15 is 0 Å². The fourth-order valence-electron chi connectivity index (χ4n) is 1.77. The molecule has 1 rings (SSSR count). The van der Waals surface area contributed by atoms with E-state index in [0.717, 1.165) is 12.0 Å². The molecule has 0 aliphatic rings. The number of hydrogen-bond donors (Lipinski definition) is 3. The molecule has 0 radical (unpaired) electrons. The van der Waals surface area contributed by atoms with Crippen molar-refractivity contribution in [1.29, 1.82) is 0 Å². The van der Waals surface area contributed by atoms with E-state index in [1.165, 1.54) is 0 Å². The maximum absolute atomic E-state index is 11.9. The normalized spacial score (nSPS) is 11.8. The molecule has 0 aliphatic carbocycles. The van der Waals surface area contributed by atoms with Crippen LogP contribution in [0.5, 0.6) is 0 Å². The number of aryl methyl sites for hydroxylation is 1. The Hall–Kier alpha value is -1.88. The van der Waals surface area contributed by atoms with Gasteiger partial charge in [0.1, 0.15) is 0 Å². The number of amides is 2. The minimum atomic E-state index is -0.134. The predicted molar refractivity (Wildman–Crippen MR) is 85.6 cm³/mol. The summed E-state index contributed by atoms with van der Waals surface area (Å²) in [6, 6.07) is 5.61. The van der Waals surface area contributed by atoms with Crippen LogP contribution in [0.3, 0.4) is 0 Å². The van der Waals surface area contributed by atoms with Gasteiger partial charge in [0.05, 0.1) is 6.54 Å². The molecule has 1 atom stereocenters. The number of carbonyl (C=O) groups is 2. The lowest BCUT2D eigenvalue weighted by Crippen LogP contribution is -2.34. The average molecular weight is 291 g/mol. The molecule has 21 heavy (non-hydrogen) atoms. The van der Waals surface area contributed by atoms with Crippen LogP contribution in [0.4, 0.5) is 5.69 Å². The van der Waals surface area contributed by atoms with E-state index in [2.05, 4.69) is 22.9 Å². The van der Waals surface area contributed by atoms with Gasteiger partial charge in [0.15, 0.2) is 0 Å². The number of anilines is 1. The van der Waals surface area contributed by atoms with E-state index in [1.54, 1.807) is 12.1 Å². The van der Waals surface area contributed by atoms with Gasteiger partial charge in [-0.15, -0.1) is 0 Å². The highest BCUT2D eigenvalue weighted by atomic mass is 16.2. The zero-order valence-corrected chi connectivity index (χ0v) is 13.2. The minimum absolute atomic E-state index is 0.105. The second-order valence-electron chi connectivity index (χ2n) is 5.13. The number of carbonyl (C=O) groups excluding carboxylic acids is 2. The van der Waals surface area contributed by atoms with Gasteiger partial charge in [-0.05, 0) is 44.9 Å². The van der Waals surface area contributed by atoms with Crippen LogP contribution in [-0.4, -0.2) is 30.9 Å². The highest BCUT2D eigenvalue weighted by Gasteiger charge is 2.10. The first-order valence-corrected chi connectivity index (χ1v) is 7.40. The lowest BCUT2D eigenvalue weighted by atomic mass is 10.1. The molecule has 1 aromatic rings. The van der Waals surface area contributed by atoms with Crippen LogP contribution < -0.4 is 16.0 Å². The van der Waals surface area contributed by atoms with Crippen molar-refractivity contribution in [3.8, 4) is 0 Å². The Morgan fingerprint density at radius 1 is 1.24 bits per heavy atom.